The summed E-state index contributed by atoms with van der Waals surface area (Å²) in [5, 5.41) is 2.62. The number of rotatable bonds is 9. The number of esters is 1. The first kappa shape index (κ1) is 26.4. The molecule has 0 unspecified atom stereocenters. The van der Waals surface area contributed by atoms with Crippen LogP contribution in [0.4, 0.5) is 5.69 Å². The number of anilines is 1. The van der Waals surface area contributed by atoms with Crippen LogP contribution in [0, 0.1) is 6.92 Å². The number of carbonyl (C=O) groups is 2. The van der Waals surface area contributed by atoms with Crippen molar-refractivity contribution in [2.75, 3.05) is 25.0 Å². The van der Waals surface area contributed by atoms with Gasteiger partial charge >= 0.3 is 5.97 Å². The lowest BCUT2D eigenvalue weighted by atomic mass is 10.2. The lowest BCUT2D eigenvalue weighted by molar-refractivity contribution is -0.119. The Hall–Kier alpha value is -3.69. The van der Waals surface area contributed by atoms with E-state index < -0.39 is 28.5 Å². The SMILES string of the molecule is Cc1ccc(NC(=O)COC(=O)c2ccccc2OCc2ccccc2)cc1S(=O)(=O)N1CCCCC1. The van der Waals surface area contributed by atoms with Gasteiger partial charge in [0.05, 0.1) is 4.90 Å². The molecule has 1 fully saturated rings. The molecule has 0 atom stereocenters. The van der Waals surface area contributed by atoms with Crippen LogP contribution in [-0.2, 0) is 26.2 Å². The Morgan fingerprint density at radius 3 is 2.38 bits per heavy atom. The molecular formula is C28H30N2O6S. The summed E-state index contributed by atoms with van der Waals surface area (Å²) >= 11 is 0. The molecule has 8 nitrogen and oxygen atoms in total. The Labute approximate surface area is 217 Å². The standard InChI is InChI=1S/C28H30N2O6S/c1-21-14-15-23(18-26(21)37(33,34)30-16-8-3-9-17-30)29-27(31)20-36-28(32)24-12-6-7-13-25(24)35-19-22-10-4-2-5-11-22/h2,4-7,10-15,18H,3,8-9,16-17,19-20H2,1H3,(H,29,31). The average molecular weight is 523 g/mol. The quantitative estimate of drug-likeness (QED) is 0.414. The largest absolute Gasteiger partial charge is 0.488 e. The predicted molar refractivity (Wildman–Crippen MR) is 140 cm³/mol. The highest BCUT2D eigenvalue weighted by Crippen LogP contribution is 2.26. The van der Waals surface area contributed by atoms with Gasteiger partial charge in [0, 0.05) is 18.8 Å². The molecule has 0 aromatic heterocycles. The van der Waals surface area contributed by atoms with Crippen LogP contribution in [0.3, 0.4) is 0 Å². The van der Waals surface area contributed by atoms with Crippen molar-refractivity contribution in [1.29, 1.82) is 0 Å². The molecule has 37 heavy (non-hydrogen) atoms. The fourth-order valence-electron chi connectivity index (χ4n) is 4.10. The fourth-order valence-corrected chi connectivity index (χ4v) is 5.87. The van der Waals surface area contributed by atoms with E-state index in [0.717, 1.165) is 24.8 Å². The molecule has 194 valence electrons. The predicted octanol–water partition coefficient (Wildman–Crippen LogP) is 4.54. The first-order valence-electron chi connectivity index (χ1n) is 12.2. The Bertz CT molecular complexity index is 1350. The molecule has 3 aromatic rings. The van der Waals surface area contributed by atoms with Gasteiger partial charge in [-0.25, -0.2) is 13.2 Å². The topological polar surface area (TPSA) is 102 Å². The number of benzene rings is 3. The highest BCUT2D eigenvalue weighted by atomic mass is 32.2. The van der Waals surface area contributed by atoms with Gasteiger partial charge in [-0.15, -0.1) is 0 Å². The number of ether oxygens (including phenoxy) is 2. The van der Waals surface area contributed by atoms with Crippen molar-refractivity contribution in [2.45, 2.75) is 37.7 Å². The number of para-hydroxylation sites is 1. The summed E-state index contributed by atoms with van der Waals surface area (Å²) in [5.41, 5.74) is 2.07. The number of piperidine rings is 1. The molecule has 1 aliphatic rings. The maximum Gasteiger partial charge on any atom is 0.342 e. The first-order valence-corrected chi connectivity index (χ1v) is 13.6. The molecule has 3 aromatic carbocycles. The Morgan fingerprint density at radius 2 is 1.62 bits per heavy atom. The molecule has 1 N–H and O–H groups in total. The van der Waals surface area contributed by atoms with Gasteiger partial charge in [0.25, 0.3) is 5.91 Å². The molecule has 4 rings (SSSR count). The van der Waals surface area contributed by atoms with Crippen LogP contribution in [0.5, 0.6) is 5.75 Å². The van der Waals surface area contributed by atoms with Crippen LogP contribution in [0.15, 0.2) is 77.7 Å². The molecule has 1 amide bonds. The molecular weight excluding hydrogens is 492 g/mol. The number of hydrogen-bond donors (Lipinski definition) is 1. The Balaban J connectivity index is 1.37. The minimum atomic E-state index is -3.66. The summed E-state index contributed by atoms with van der Waals surface area (Å²) in [6.07, 6.45) is 2.68. The summed E-state index contributed by atoms with van der Waals surface area (Å²) in [5.74, 6) is -0.930. The Kier molecular flexibility index (Phi) is 8.58. The number of nitrogens with zero attached hydrogens (tertiary/aromatic N) is 1. The van der Waals surface area contributed by atoms with E-state index in [1.807, 2.05) is 30.3 Å². The maximum absolute atomic E-state index is 13.1. The molecule has 0 aliphatic carbocycles. The summed E-state index contributed by atoms with van der Waals surface area (Å²) in [7, 11) is -3.66. The monoisotopic (exact) mass is 522 g/mol. The third-order valence-electron chi connectivity index (χ3n) is 6.08. The highest BCUT2D eigenvalue weighted by molar-refractivity contribution is 7.89. The molecule has 1 saturated heterocycles. The minimum absolute atomic E-state index is 0.161. The average Bonchev–Trinajstić information content (AvgIpc) is 2.93. The molecule has 0 radical (unpaired) electrons. The molecule has 0 spiro atoms. The Morgan fingerprint density at radius 1 is 0.919 bits per heavy atom. The van der Waals surface area contributed by atoms with Crippen LogP contribution in [0.1, 0.15) is 40.7 Å². The van der Waals surface area contributed by atoms with Gasteiger partial charge < -0.3 is 14.8 Å². The van der Waals surface area contributed by atoms with Gasteiger partial charge in [0.1, 0.15) is 17.9 Å². The molecule has 1 aliphatic heterocycles. The van der Waals surface area contributed by atoms with E-state index in [1.165, 1.54) is 10.4 Å². The van der Waals surface area contributed by atoms with Gasteiger partial charge in [0.2, 0.25) is 10.0 Å². The number of aryl methyl sites for hydroxylation is 1. The van der Waals surface area contributed by atoms with Crippen molar-refractivity contribution < 1.29 is 27.5 Å². The zero-order valence-corrected chi connectivity index (χ0v) is 21.5. The van der Waals surface area contributed by atoms with E-state index in [4.69, 9.17) is 9.47 Å². The number of nitrogens with one attached hydrogen (secondary N) is 1. The third kappa shape index (κ3) is 6.75. The smallest absolute Gasteiger partial charge is 0.342 e. The van der Waals surface area contributed by atoms with Crippen molar-refractivity contribution >= 4 is 27.6 Å². The normalized spacial score (nSPS) is 14.1. The van der Waals surface area contributed by atoms with Crippen LogP contribution >= 0.6 is 0 Å². The molecule has 1 heterocycles. The summed E-state index contributed by atoms with van der Waals surface area (Å²) in [6, 6.07) is 20.9. The second kappa shape index (κ2) is 12.0. The van der Waals surface area contributed by atoms with Crippen molar-refractivity contribution in [3.63, 3.8) is 0 Å². The van der Waals surface area contributed by atoms with Crippen molar-refractivity contribution in [2.24, 2.45) is 0 Å². The first-order chi connectivity index (χ1) is 17.8. The van der Waals surface area contributed by atoms with E-state index in [2.05, 4.69) is 5.32 Å². The maximum atomic E-state index is 13.1. The number of sulfonamides is 1. The number of amides is 1. The van der Waals surface area contributed by atoms with Crippen LogP contribution < -0.4 is 10.1 Å². The molecule has 9 heteroatoms. The van der Waals surface area contributed by atoms with Gasteiger partial charge in [-0.05, 0) is 55.2 Å². The highest BCUT2D eigenvalue weighted by Gasteiger charge is 2.27. The van der Waals surface area contributed by atoms with Gasteiger partial charge in [0.15, 0.2) is 6.61 Å². The van der Waals surface area contributed by atoms with Gasteiger partial charge in [-0.2, -0.15) is 4.31 Å². The van der Waals surface area contributed by atoms with Crippen LogP contribution in [0.2, 0.25) is 0 Å². The second-order valence-electron chi connectivity index (χ2n) is 8.84. The summed E-state index contributed by atoms with van der Waals surface area (Å²) in [6.45, 7) is 2.45. The zero-order valence-electron chi connectivity index (χ0n) is 20.7. The lowest BCUT2D eigenvalue weighted by Gasteiger charge is -2.26. The minimum Gasteiger partial charge on any atom is -0.488 e. The number of carbonyl (C=O) groups excluding carboxylic acids is 2. The number of hydrogen-bond acceptors (Lipinski definition) is 6. The van der Waals surface area contributed by atoms with Crippen LogP contribution in [0.25, 0.3) is 0 Å². The van der Waals surface area contributed by atoms with E-state index in [1.54, 1.807) is 43.3 Å². The van der Waals surface area contributed by atoms with Crippen molar-refractivity contribution in [3.05, 3.63) is 89.5 Å². The van der Waals surface area contributed by atoms with E-state index >= 15 is 0 Å². The second-order valence-corrected chi connectivity index (χ2v) is 10.7. The van der Waals surface area contributed by atoms with E-state index in [9.17, 15) is 18.0 Å². The van der Waals surface area contributed by atoms with E-state index in [0.29, 0.717) is 30.1 Å². The summed E-state index contributed by atoms with van der Waals surface area (Å²) < 4.78 is 38.7. The third-order valence-corrected chi connectivity index (χ3v) is 8.12. The van der Waals surface area contributed by atoms with Gasteiger partial charge in [-0.3, -0.25) is 4.79 Å². The van der Waals surface area contributed by atoms with Gasteiger partial charge in [-0.1, -0.05) is 55.0 Å². The van der Waals surface area contributed by atoms with E-state index in [-0.39, 0.29) is 17.1 Å². The van der Waals surface area contributed by atoms with Crippen LogP contribution in [-0.4, -0.2) is 44.3 Å². The summed E-state index contributed by atoms with van der Waals surface area (Å²) in [4.78, 5) is 25.3. The lowest BCUT2D eigenvalue weighted by Crippen LogP contribution is -2.36. The fraction of sp³-hybridized carbons (Fsp3) is 0.286. The van der Waals surface area contributed by atoms with Crippen molar-refractivity contribution in [1.82, 2.24) is 4.31 Å². The molecule has 0 bridgehead atoms. The molecule has 0 saturated carbocycles. The van der Waals surface area contributed by atoms with Crippen molar-refractivity contribution in [3.8, 4) is 5.75 Å². The zero-order chi connectivity index (χ0) is 26.3.